The van der Waals surface area contributed by atoms with Crippen molar-refractivity contribution >= 4 is 11.6 Å². The minimum atomic E-state index is -0.495. The largest absolute Gasteiger partial charge is 0.497 e. The summed E-state index contributed by atoms with van der Waals surface area (Å²) in [6, 6.07) is 11.0. The lowest BCUT2D eigenvalue weighted by Gasteiger charge is -2.08. The minimum absolute atomic E-state index is 0.132. The summed E-state index contributed by atoms with van der Waals surface area (Å²) in [5.74, 6) is -0.197. The van der Waals surface area contributed by atoms with E-state index in [1.54, 1.807) is 7.11 Å². The van der Waals surface area contributed by atoms with Crippen LogP contribution in [0.15, 0.2) is 42.5 Å². The fraction of sp³-hybridized carbons (Fsp3) is 0.133. The Morgan fingerprint density at radius 1 is 1.30 bits per heavy atom. The highest BCUT2D eigenvalue weighted by molar-refractivity contribution is 5.99. The van der Waals surface area contributed by atoms with Crippen molar-refractivity contribution in [2.24, 2.45) is 0 Å². The van der Waals surface area contributed by atoms with Crippen molar-refractivity contribution in [3.05, 3.63) is 59.4 Å². The van der Waals surface area contributed by atoms with Gasteiger partial charge in [0.05, 0.1) is 12.7 Å². The van der Waals surface area contributed by atoms with Gasteiger partial charge in [0.15, 0.2) is 0 Å². The highest BCUT2D eigenvalue weighted by Gasteiger charge is 2.10. The molecule has 0 heterocycles. The van der Waals surface area contributed by atoms with Crippen molar-refractivity contribution in [3.8, 4) is 5.75 Å². The molecule has 104 valence electrons. The second kappa shape index (κ2) is 6.06. The SMILES string of the molecule is COc1cccc(CNC(=O)c2cc(F)ccc2N)c1. The van der Waals surface area contributed by atoms with Gasteiger partial charge in [0, 0.05) is 12.2 Å². The molecule has 0 spiro atoms. The van der Waals surface area contributed by atoms with Crippen LogP contribution in [0.3, 0.4) is 0 Å². The number of hydrogen-bond acceptors (Lipinski definition) is 3. The van der Waals surface area contributed by atoms with Gasteiger partial charge in [-0.15, -0.1) is 0 Å². The van der Waals surface area contributed by atoms with Crippen molar-refractivity contribution in [2.45, 2.75) is 6.54 Å². The first-order valence-corrected chi connectivity index (χ1v) is 6.06. The quantitative estimate of drug-likeness (QED) is 0.841. The Bertz CT molecular complexity index is 629. The topological polar surface area (TPSA) is 64.3 Å². The van der Waals surface area contributed by atoms with Crippen LogP contribution in [0, 0.1) is 5.82 Å². The Kier molecular flexibility index (Phi) is 4.20. The number of nitrogens with one attached hydrogen (secondary N) is 1. The first-order chi connectivity index (χ1) is 9.60. The van der Waals surface area contributed by atoms with E-state index in [1.165, 1.54) is 12.1 Å². The van der Waals surface area contributed by atoms with E-state index in [2.05, 4.69) is 5.32 Å². The molecular formula is C15H15FN2O2. The van der Waals surface area contributed by atoms with Crippen LogP contribution in [0.5, 0.6) is 5.75 Å². The van der Waals surface area contributed by atoms with Gasteiger partial charge in [0.25, 0.3) is 5.91 Å². The van der Waals surface area contributed by atoms with Gasteiger partial charge in [0.2, 0.25) is 0 Å². The van der Waals surface area contributed by atoms with Gasteiger partial charge < -0.3 is 15.8 Å². The van der Waals surface area contributed by atoms with Gasteiger partial charge >= 0.3 is 0 Å². The molecule has 2 aromatic carbocycles. The van der Waals surface area contributed by atoms with Crippen LogP contribution >= 0.6 is 0 Å². The first kappa shape index (κ1) is 13.9. The molecule has 0 aromatic heterocycles. The molecule has 0 aliphatic carbocycles. The highest BCUT2D eigenvalue weighted by atomic mass is 19.1. The average molecular weight is 274 g/mol. The van der Waals surface area contributed by atoms with Crippen molar-refractivity contribution in [2.75, 3.05) is 12.8 Å². The molecule has 0 aliphatic heterocycles. The molecule has 0 fully saturated rings. The van der Waals surface area contributed by atoms with E-state index in [9.17, 15) is 9.18 Å². The van der Waals surface area contributed by atoms with Crippen LogP contribution in [-0.2, 0) is 6.54 Å². The second-order valence-electron chi connectivity index (χ2n) is 4.27. The van der Waals surface area contributed by atoms with E-state index in [0.29, 0.717) is 12.3 Å². The zero-order valence-electron chi connectivity index (χ0n) is 11.0. The molecule has 0 bridgehead atoms. The van der Waals surface area contributed by atoms with Crippen LogP contribution in [0.2, 0.25) is 0 Å². The molecule has 2 rings (SSSR count). The maximum Gasteiger partial charge on any atom is 0.253 e. The molecule has 0 saturated heterocycles. The van der Waals surface area contributed by atoms with E-state index < -0.39 is 11.7 Å². The van der Waals surface area contributed by atoms with Crippen LogP contribution in [-0.4, -0.2) is 13.0 Å². The molecule has 20 heavy (non-hydrogen) atoms. The minimum Gasteiger partial charge on any atom is -0.497 e. The monoisotopic (exact) mass is 274 g/mol. The number of carbonyl (C=O) groups is 1. The Labute approximate surface area is 116 Å². The summed E-state index contributed by atoms with van der Waals surface area (Å²) in [5, 5.41) is 2.69. The number of hydrogen-bond donors (Lipinski definition) is 2. The lowest BCUT2D eigenvalue weighted by Crippen LogP contribution is -2.24. The fourth-order valence-corrected chi connectivity index (χ4v) is 1.79. The molecule has 0 aliphatic rings. The molecule has 3 N–H and O–H groups in total. The number of nitrogens with two attached hydrogens (primary N) is 1. The first-order valence-electron chi connectivity index (χ1n) is 6.06. The summed E-state index contributed by atoms with van der Waals surface area (Å²) in [7, 11) is 1.57. The van der Waals surface area contributed by atoms with Gasteiger partial charge in [-0.05, 0) is 35.9 Å². The number of carbonyl (C=O) groups excluding carboxylic acids is 1. The number of ether oxygens (including phenoxy) is 1. The summed E-state index contributed by atoms with van der Waals surface area (Å²) in [5.41, 5.74) is 6.92. The number of halogens is 1. The van der Waals surface area contributed by atoms with Gasteiger partial charge in [-0.1, -0.05) is 12.1 Å². The lowest BCUT2D eigenvalue weighted by molar-refractivity contribution is 0.0951. The van der Waals surface area contributed by atoms with E-state index in [-0.39, 0.29) is 11.3 Å². The molecule has 1 amide bonds. The summed E-state index contributed by atoms with van der Waals surface area (Å²) in [6.45, 7) is 0.311. The maximum atomic E-state index is 13.1. The van der Waals surface area contributed by atoms with Crippen molar-refractivity contribution < 1.29 is 13.9 Å². The van der Waals surface area contributed by atoms with Crippen molar-refractivity contribution in [3.63, 3.8) is 0 Å². The van der Waals surface area contributed by atoms with Gasteiger partial charge in [-0.25, -0.2) is 4.39 Å². The molecule has 0 unspecified atom stereocenters. The normalized spacial score (nSPS) is 10.1. The van der Waals surface area contributed by atoms with Crippen molar-refractivity contribution in [1.29, 1.82) is 0 Å². The average Bonchev–Trinajstić information content (AvgIpc) is 2.47. The van der Waals surface area contributed by atoms with E-state index >= 15 is 0 Å². The summed E-state index contributed by atoms with van der Waals surface area (Å²) in [6.07, 6.45) is 0. The molecular weight excluding hydrogens is 259 g/mol. The third-order valence-corrected chi connectivity index (χ3v) is 2.85. The molecule has 0 saturated carbocycles. The maximum absolute atomic E-state index is 13.1. The number of amides is 1. The third kappa shape index (κ3) is 3.26. The molecule has 0 atom stereocenters. The smallest absolute Gasteiger partial charge is 0.253 e. The summed E-state index contributed by atoms with van der Waals surface area (Å²) >= 11 is 0. The summed E-state index contributed by atoms with van der Waals surface area (Å²) < 4.78 is 18.2. The van der Waals surface area contributed by atoms with Crippen LogP contribution < -0.4 is 15.8 Å². The standard InChI is InChI=1S/C15H15FN2O2/c1-20-12-4-2-3-10(7-12)9-18-15(19)13-8-11(16)5-6-14(13)17/h2-8H,9,17H2,1H3,(H,18,19). The number of benzene rings is 2. The van der Waals surface area contributed by atoms with Crippen LogP contribution in [0.4, 0.5) is 10.1 Å². The zero-order chi connectivity index (χ0) is 14.5. The van der Waals surface area contributed by atoms with Gasteiger partial charge in [-0.2, -0.15) is 0 Å². The molecule has 0 radical (unpaired) electrons. The third-order valence-electron chi connectivity index (χ3n) is 2.85. The number of nitrogen functional groups attached to an aromatic ring is 1. The predicted octanol–water partition coefficient (Wildman–Crippen LogP) is 2.35. The number of rotatable bonds is 4. The Hall–Kier alpha value is -2.56. The molecule has 5 heteroatoms. The molecule has 2 aromatic rings. The van der Waals surface area contributed by atoms with Crippen LogP contribution in [0.25, 0.3) is 0 Å². The van der Waals surface area contributed by atoms with E-state index in [0.717, 1.165) is 11.6 Å². The predicted molar refractivity (Wildman–Crippen MR) is 75.0 cm³/mol. The van der Waals surface area contributed by atoms with Crippen molar-refractivity contribution in [1.82, 2.24) is 5.32 Å². The highest BCUT2D eigenvalue weighted by Crippen LogP contribution is 2.15. The van der Waals surface area contributed by atoms with E-state index in [4.69, 9.17) is 10.5 Å². The number of methoxy groups -OCH3 is 1. The molecule has 4 nitrogen and oxygen atoms in total. The number of anilines is 1. The Morgan fingerprint density at radius 2 is 2.10 bits per heavy atom. The second-order valence-corrected chi connectivity index (χ2v) is 4.27. The van der Waals surface area contributed by atoms with E-state index in [1.807, 2.05) is 24.3 Å². The zero-order valence-corrected chi connectivity index (χ0v) is 11.0. The van der Waals surface area contributed by atoms with Gasteiger partial charge in [0.1, 0.15) is 11.6 Å². The summed E-state index contributed by atoms with van der Waals surface area (Å²) in [4.78, 5) is 12.0. The lowest BCUT2D eigenvalue weighted by atomic mass is 10.1. The Balaban J connectivity index is 2.06. The Morgan fingerprint density at radius 3 is 2.85 bits per heavy atom. The van der Waals surface area contributed by atoms with Gasteiger partial charge in [-0.3, -0.25) is 4.79 Å². The fourth-order valence-electron chi connectivity index (χ4n) is 1.79. The van der Waals surface area contributed by atoms with Crippen LogP contribution in [0.1, 0.15) is 15.9 Å².